The lowest BCUT2D eigenvalue weighted by Crippen LogP contribution is -2.42. The number of hydrogen-bond acceptors (Lipinski definition) is 6. The smallest absolute Gasteiger partial charge is 0.255 e. The molecule has 3 rings (SSSR count). The fourth-order valence-corrected chi connectivity index (χ4v) is 6.57. The normalized spacial score (nSPS) is 25.0. The highest BCUT2D eigenvalue weighted by Gasteiger charge is 2.46. The molecule has 0 radical (unpaired) electrons. The van der Waals surface area contributed by atoms with E-state index in [0.717, 1.165) is 17.8 Å². The molecule has 2 N–H and O–H groups in total. The number of rotatable bonds is 3. The molecule has 3 heterocycles. The quantitative estimate of drug-likeness (QED) is 0.816. The summed E-state index contributed by atoms with van der Waals surface area (Å²) in [6.07, 6.45) is 1.61. The molecule has 2 saturated heterocycles. The molecule has 2 aliphatic heterocycles. The van der Waals surface area contributed by atoms with Crippen molar-refractivity contribution in [3.05, 3.63) is 5.69 Å². The van der Waals surface area contributed by atoms with Crippen LogP contribution in [0.5, 0.6) is 0 Å². The number of hydrogen-bond donors (Lipinski definition) is 2. The molecule has 0 unspecified atom stereocenters. The molecule has 0 saturated carbocycles. The van der Waals surface area contributed by atoms with Crippen LogP contribution in [0, 0.1) is 6.92 Å². The Hall–Kier alpha value is -1.52. The molecule has 2 amide bonds. The Morgan fingerprint density at radius 2 is 2.09 bits per heavy atom. The van der Waals surface area contributed by atoms with E-state index in [-0.39, 0.29) is 39.7 Å². The Kier molecular flexibility index (Phi) is 4.15. The number of fused-ring (bicyclic) bond motifs is 2. The Balaban J connectivity index is 1.97. The second-order valence-electron chi connectivity index (χ2n) is 5.80. The number of thiazole rings is 1. The number of aryl methyl sites for hydroxylation is 1. The molecule has 0 aliphatic carbocycles. The van der Waals surface area contributed by atoms with E-state index < -0.39 is 10.0 Å². The van der Waals surface area contributed by atoms with Crippen molar-refractivity contribution in [3.8, 4) is 0 Å². The Morgan fingerprint density at radius 1 is 1.39 bits per heavy atom. The van der Waals surface area contributed by atoms with Gasteiger partial charge in [-0.1, -0.05) is 11.3 Å². The van der Waals surface area contributed by atoms with E-state index in [0.29, 0.717) is 18.7 Å². The fraction of sp³-hybridized carbons (Fsp3) is 0.615. The van der Waals surface area contributed by atoms with Gasteiger partial charge in [-0.2, -0.15) is 4.31 Å². The number of carbonyl (C=O) groups excluding carboxylic acids is 2. The van der Waals surface area contributed by atoms with Gasteiger partial charge in [-0.05, 0) is 19.8 Å². The maximum Gasteiger partial charge on any atom is 0.255 e. The van der Waals surface area contributed by atoms with E-state index in [9.17, 15) is 18.0 Å². The lowest BCUT2D eigenvalue weighted by atomic mass is 10.1. The van der Waals surface area contributed by atoms with Gasteiger partial charge < -0.3 is 10.6 Å². The Bertz CT molecular complexity index is 758. The summed E-state index contributed by atoms with van der Waals surface area (Å²) in [5, 5.41) is 5.55. The molecule has 8 nitrogen and oxygen atoms in total. The van der Waals surface area contributed by atoms with Crippen LogP contribution in [0.4, 0.5) is 5.13 Å². The van der Waals surface area contributed by atoms with Crippen molar-refractivity contribution in [3.63, 3.8) is 0 Å². The number of anilines is 1. The van der Waals surface area contributed by atoms with Crippen molar-refractivity contribution in [2.75, 3.05) is 11.9 Å². The third-order valence-electron chi connectivity index (χ3n) is 4.06. The number of aromatic nitrogens is 1. The average Bonchev–Trinajstić information content (AvgIpc) is 2.94. The van der Waals surface area contributed by atoms with Crippen LogP contribution in [0.3, 0.4) is 0 Å². The van der Waals surface area contributed by atoms with E-state index in [2.05, 4.69) is 15.6 Å². The lowest BCUT2D eigenvalue weighted by molar-refractivity contribution is -0.121. The van der Waals surface area contributed by atoms with Gasteiger partial charge in [-0.3, -0.25) is 9.59 Å². The average molecular weight is 358 g/mol. The highest BCUT2D eigenvalue weighted by atomic mass is 32.2. The van der Waals surface area contributed by atoms with Gasteiger partial charge in [0.15, 0.2) is 9.34 Å². The Labute approximate surface area is 138 Å². The number of nitrogens with zero attached hydrogens (tertiary/aromatic N) is 2. The summed E-state index contributed by atoms with van der Waals surface area (Å²) in [7, 11) is -3.74. The predicted molar refractivity (Wildman–Crippen MR) is 84.6 cm³/mol. The van der Waals surface area contributed by atoms with Crippen molar-refractivity contribution in [1.29, 1.82) is 0 Å². The molecule has 10 heteroatoms. The first-order chi connectivity index (χ1) is 10.8. The van der Waals surface area contributed by atoms with Gasteiger partial charge in [0.25, 0.3) is 10.0 Å². The van der Waals surface area contributed by atoms with Crippen LogP contribution < -0.4 is 10.6 Å². The topological polar surface area (TPSA) is 108 Å². The molecule has 1 aromatic rings. The van der Waals surface area contributed by atoms with Gasteiger partial charge in [0.2, 0.25) is 11.8 Å². The van der Waals surface area contributed by atoms with Gasteiger partial charge >= 0.3 is 0 Å². The van der Waals surface area contributed by atoms with E-state index in [1.165, 1.54) is 11.2 Å². The zero-order chi connectivity index (χ0) is 16.8. The number of sulfonamides is 1. The molecular weight excluding hydrogens is 340 g/mol. The zero-order valence-corrected chi connectivity index (χ0v) is 14.5. The molecule has 0 aromatic carbocycles. The summed E-state index contributed by atoms with van der Waals surface area (Å²) in [5.41, 5.74) is 0.363. The van der Waals surface area contributed by atoms with Gasteiger partial charge in [0, 0.05) is 32.0 Å². The maximum absolute atomic E-state index is 13.1. The predicted octanol–water partition coefficient (Wildman–Crippen LogP) is 0.452. The molecule has 0 spiro atoms. The van der Waals surface area contributed by atoms with Gasteiger partial charge in [-0.25, -0.2) is 13.4 Å². The van der Waals surface area contributed by atoms with E-state index in [4.69, 9.17) is 0 Å². The summed E-state index contributed by atoms with van der Waals surface area (Å²) in [4.78, 5) is 26.9. The van der Waals surface area contributed by atoms with Crippen LogP contribution in [0.1, 0.15) is 31.9 Å². The summed E-state index contributed by atoms with van der Waals surface area (Å²) in [5.74, 6) is -0.412. The summed E-state index contributed by atoms with van der Waals surface area (Å²) >= 11 is 0.950. The minimum atomic E-state index is -3.74. The van der Waals surface area contributed by atoms with Crippen LogP contribution in [0.25, 0.3) is 0 Å². The lowest BCUT2D eigenvalue weighted by Gasteiger charge is -2.25. The Morgan fingerprint density at radius 3 is 2.78 bits per heavy atom. The first-order valence-electron chi connectivity index (χ1n) is 7.34. The van der Waals surface area contributed by atoms with Gasteiger partial charge in [0.1, 0.15) is 0 Å². The number of nitrogens with one attached hydrogen (secondary N) is 2. The standard InChI is InChI=1S/C13H18N4O4S2/c1-7-12(22-13(15-7)16-8(2)18)23(20,21)17-9-3-4-10(17)6-14-11(19)5-9/h9-10H,3-6H2,1-2H3,(H,14,19)(H,15,16,18)/t9-,10+/m1/s1. The minimum Gasteiger partial charge on any atom is -0.354 e. The fourth-order valence-electron chi connectivity index (χ4n) is 3.15. The first-order valence-corrected chi connectivity index (χ1v) is 9.60. The zero-order valence-electron chi connectivity index (χ0n) is 12.8. The molecule has 2 aliphatic rings. The second-order valence-corrected chi connectivity index (χ2v) is 8.84. The summed E-state index contributed by atoms with van der Waals surface area (Å²) < 4.78 is 27.7. The molecule has 2 atom stereocenters. The third kappa shape index (κ3) is 2.98. The van der Waals surface area contributed by atoms with Crippen molar-refractivity contribution >= 4 is 38.3 Å². The van der Waals surface area contributed by atoms with Crippen molar-refractivity contribution < 1.29 is 18.0 Å². The maximum atomic E-state index is 13.1. The highest BCUT2D eigenvalue weighted by molar-refractivity contribution is 7.91. The molecule has 1 aromatic heterocycles. The van der Waals surface area contributed by atoms with Gasteiger partial charge in [-0.15, -0.1) is 0 Å². The van der Waals surface area contributed by atoms with Crippen LogP contribution in [0.2, 0.25) is 0 Å². The summed E-state index contributed by atoms with van der Waals surface area (Å²) in [6, 6.07) is -0.527. The van der Waals surface area contributed by atoms with Crippen LogP contribution in [-0.2, 0) is 19.6 Å². The highest BCUT2D eigenvalue weighted by Crippen LogP contribution is 2.37. The number of amides is 2. The second kappa shape index (κ2) is 5.84. The van der Waals surface area contributed by atoms with Crippen LogP contribution >= 0.6 is 11.3 Å². The summed E-state index contributed by atoms with van der Waals surface area (Å²) in [6.45, 7) is 3.29. The molecular formula is C13H18N4O4S2. The minimum absolute atomic E-state index is 0.114. The molecule has 23 heavy (non-hydrogen) atoms. The van der Waals surface area contributed by atoms with E-state index in [1.54, 1.807) is 6.92 Å². The van der Waals surface area contributed by atoms with Crippen molar-refractivity contribution in [1.82, 2.24) is 14.6 Å². The molecule has 2 fully saturated rings. The van der Waals surface area contributed by atoms with Crippen LogP contribution in [-0.4, -0.2) is 48.1 Å². The monoisotopic (exact) mass is 358 g/mol. The third-order valence-corrected chi connectivity index (χ3v) is 7.72. The van der Waals surface area contributed by atoms with Crippen LogP contribution in [0.15, 0.2) is 4.21 Å². The molecule has 2 bridgehead atoms. The van der Waals surface area contributed by atoms with Gasteiger partial charge in [0.05, 0.1) is 5.69 Å². The van der Waals surface area contributed by atoms with E-state index in [1.807, 2.05) is 0 Å². The number of carbonyl (C=O) groups is 2. The van der Waals surface area contributed by atoms with Crippen molar-refractivity contribution in [2.24, 2.45) is 0 Å². The molecule has 126 valence electrons. The van der Waals surface area contributed by atoms with Crippen molar-refractivity contribution in [2.45, 2.75) is 49.4 Å². The largest absolute Gasteiger partial charge is 0.354 e. The first kappa shape index (κ1) is 16.3. The SMILES string of the molecule is CC(=O)Nc1nc(C)c(S(=O)(=O)N2[C@@H]3CC[C@H]2CNC(=O)C3)s1. The van der Waals surface area contributed by atoms with E-state index >= 15 is 0 Å².